The molecule has 0 spiro atoms. The van der Waals surface area contributed by atoms with Gasteiger partial charge in [-0.3, -0.25) is 0 Å². The molecule has 0 aliphatic carbocycles. The maximum atomic E-state index is 11.3. The summed E-state index contributed by atoms with van der Waals surface area (Å²) < 4.78 is 33.9. The van der Waals surface area contributed by atoms with Crippen molar-refractivity contribution in [2.24, 2.45) is 0 Å². The van der Waals surface area contributed by atoms with E-state index >= 15 is 0 Å². The van der Waals surface area contributed by atoms with Crippen LogP contribution in [0.4, 0.5) is 0 Å². The Labute approximate surface area is 188 Å². The molecule has 2 aromatic rings. The third-order valence-corrected chi connectivity index (χ3v) is 5.14. The van der Waals surface area contributed by atoms with Crippen LogP contribution in [0, 0.1) is 0 Å². The molecule has 2 rings (SSSR count). The molecule has 24 heavy (non-hydrogen) atoms. The van der Waals surface area contributed by atoms with Gasteiger partial charge in [0.15, 0.2) is 0 Å². The van der Waals surface area contributed by atoms with Gasteiger partial charge >= 0.3 is 51.4 Å². The zero-order valence-corrected chi connectivity index (χ0v) is 18.7. The summed E-state index contributed by atoms with van der Waals surface area (Å²) in [6.07, 6.45) is 9.92. The Morgan fingerprint density at radius 2 is 1.58 bits per heavy atom. The summed E-state index contributed by atoms with van der Waals surface area (Å²) in [5, 5.41) is 1.34. The smallest absolute Gasteiger partial charge is 0.744 e. The molecule has 0 N–H and O–H groups in total. The minimum atomic E-state index is -4.42. The first-order valence-corrected chi connectivity index (χ1v) is 9.91. The first-order chi connectivity index (χ1) is 11.0. The van der Waals surface area contributed by atoms with E-state index in [0.29, 0.717) is 5.39 Å². The molecule has 0 radical (unpaired) electrons. The van der Waals surface area contributed by atoms with E-state index in [2.05, 4.69) is 6.92 Å². The average molecular weight is 373 g/mol. The maximum Gasteiger partial charge on any atom is 1.00 e. The van der Waals surface area contributed by atoms with Crippen LogP contribution >= 0.6 is 0 Å². The normalized spacial score (nSPS) is 11.4. The van der Waals surface area contributed by atoms with Gasteiger partial charge in [-0.15, -0.1) is 0 Å². The van der Waals surface area contributed by atoms with Gasteiger partial charge in [0, 0.05) is 0 Å². The molecule has 0 amide bonds. The number of rotatable bonds is 9. The average Bonchev–Trinajstić information content (AvgIpc) is 2.52. The van der Waals surface area contributed by atoms with Crippen LogP contribution in [0.3, 0.4) is 0 Å². The van der Waals surface area contributed by atoms with Crippen molar-refractivity contribution in [2.75, 3.05) is 0 Å². The van der Waals surface area contributed by atoms with Gasteiger partial charge in [0.25, 0.3) is 0 Å². The quantitative estimate of drug-likeness (QED) is 0.384. The maximum absolute atomic E-state index is 11.3. The summed E-state index contributed by atoms with van der Waals surface area (Å²) in [6, 6.07) is 10.6. The van der Waals surface area contributed by atoms with Gasteiger partial charge in [0.05, 0.1) is 4.90 Å². The third kappa shape index (κ3) is 6.87. The van der Waals surface area contributed by atoms with Crippen LogP contribution in [0.2, 0.25) is 0 Å². The Morgan fingerprint density at radius 3 is 2.25 bits per heavy atom. The van der Waals surface area contributed by atoms with Gasteiger partial charge in [-0.25, -0.2) is 8.42 Å². The fraction of sp³-hybridized carbons (Fsp3) is 0.474. The first-order valence-electron chi connectivity index (χ1n) is 8.50. The predicted octanol–water partition coefficient (Wildman–Crippen LogP) is 2.04. The Hall–Kier alpha value is 0.246. The molecule has 0 saturated heterocycles. The molecule has 0 aromatic heterocycles. The van der Waals surface area contributed by atoms with E-state index in [1.807, 2.05) is 18.2 Å². The molecule has 126 valence electrons. The summed E-state index contributed by atoms with van der Waals surface area (Å²) in [5.74, 6) is 0. The molecule has 0 aliphatic heterocycles. The molecule has 3 nitrogen and oxygen atoms in total. The monoisotopic (exact) mass is 372 g/mol. The predicted molar refractivity (Wildman–Crippen MR) is 93.6 cm³/mol. The van der Waals surface area contributed by atoms with Crippen molar-refractivity contribution < 1.29 is 64.4 Å². The Morgan fingerprint density at radius 1 is 0.917 bits per heavy atom. The molecule has 5 heteroatoms. The van der Waals surface area contributed by atoms with Crippen molar-refractivity contribution in [1.82, 2.24) is 0 Å². The van der Waals surface area contributed by atoms with E-state index in [-0.39, 0.29) is 56.3 Å². The zero-order chi connectivity index (χ0) is 16.7. The van der Waals surface area contributed by atoms with Gasteiger partial charge in [0.2, 0.25) is 0 Å². The van der Waals surface area contributed by atoms with Crippen LogP contribution in [0.1, 0.15) is 57.4 Å². The Kier molecular flexibility index (Phi) is 10.3. The van der Waals surface area contributed by atoms with Crippen LogP contribution in [0.15, 0.2) is 41.3 Å². The molecule has 2 aromatic carbocycles. The van der Waals surface area contributed by atoms with Crippen molar-refractivity contribution >= 4 is 20.9 Å². The number of aryl methyl sites for hydroxylation is 1. The summed E-state index contributed by atoms with van der Waals surface area (Å²) in [5.41, 5.74) is 1.20. The van der Waals surface area contributed by atoms with Crippen molar-refractivity contribution in [1.29, 1.82) is 0 Å². The number of fused-ring (bicyclic) bond motifs is 1. The van der Waals surface area contributed by atoms with Gasteiger partial charge in [-0.1, -0.05) is 75.8 Å². The Bertz CT molecular complexity index is 741. The number of unbranched alkanes of at least 4 members (excludes halogenated alkanes) is 6. The minimum absolute atomic E-state index is 0. The molecule has 0 fully saturated rings. The Balaban J connectivity index is 0.00000288. The zero-order valence-electron chi connectivity index (χ0n) is 14.8. The van der Waals surface area contributed by atoms with Crippen LogP contribution in [0.5, 0.6) is 0 Å². The van der Waals surface area contributed by atoms with Crippen molar-refractivity contribution in [2.45, 2.75) is 63.2 Å². The van der Waals surface area contributed by atoms with E-state index in [4.69, 9.17) is 0 Å². The molecule has 0 unspecified atom stereocenters. The van der Waals surface area contributed by atoms with E-state index in [0.717, 1.165) is 18.2 Å². The summed E-state index contributed by atoms with van der Waals surface area (Å²) in [4.78, 5) is -0.127. The second-order valence-electron chi connectivity index (χ2n) is 6.14. The van der Waals surface area contributed by atoms with E-state index in [1.165, 1.54) is 50.2 Å². The second-order valence-corrected chi connectivity index (χ2v) is 7.49. The topological polar surface area (TPSA) is 57.2 Å². The molecular formula is C19H25KO3S. The molecule has 0 aliphatic rings. The molecular weight excluding hydrogens is 347 g/mol. The molecule has 0 saturated carbocycles. The molecule has 0 atom stereocenters. The standard InChI is InChI=1S/C19H26O3S.K/c1-2-3-4-5-6-7-8-10-16-13-14-18-17(15-16)11-9-12-19(18)23(20,21)22;/h9,11-15H,2-8,10H2,1H3,(H,20,21,22);/q;+1/p-1. The van der Waals surface area contributed by atoms with Crippen molar-refractivity contribution in [3.8, 4) is 0 Å². The van der Waals surface area contributed by atoms with Gasteiger partial charge < -0.3 is 4.55 Å². The van der Waals surface area contributed by atoms with E-state index in [9.17, 15) is 13.0 Å². The fourth-order valence-corrected chi connectivity index (χ4v) is 3.66. The number of benzene rings is 2. The van der Waals surface area contributed by atoms with Crippen molar-refractivity contribution in [3.05, 3.63) is 42.0 Å². The SMILES string of the molecule is CCCCCCCCCc1ccc2c(S(=O)(=O)[O-])cccc2c1.[K+]. The van der Waals surface area contributed by atoms with Crippen LogP contribution in [-0.2, 0) is 16.5 Å². The number of hydrogen-bond donors (Lipinski definition) is 0. The fourth-order valence-electron chi connectivity index (χ4n) is 2.96. The van der Waals surface area contributed by atoms with Gasteiger partial charge in [-0.05, 0) is 35.2 Å². The molecule has 0 bridgehead atoms. The summed E-state index contributed by atoms with van der Waals surface area (Å²) >= 11 is 0. The summed E-state index contributed by atoms with van der Waals surface area (Å²) in [6.45, 7) is 2.23. The van der Waals surface area contributed by atoms with E-state index < -0.39 is 10.1 Å². The second kappa shape index (κ2) is 11.1. The molecule has 0 heterocycles. The minimum Gasteiger partial charge on any atom is -0.744 e. The largest absolute Gasteiger partial charge is 1.00 e. The first kappa shape index (κ1) is 22.3. The van der Waals surface area contributed by atoms with Gasteiger partial charge in [0.1, 0.15) is 10.1 Å². The van der Waals surface area contributed by atoms with Crippen molar-refractivity contribution in [3.63, 3.8) is 0 Å². The van der Waals surface area contributed by atoms with Crippen LogP contribution in [-0.4, -0.2) is 13.0 Å². The van der Waals surface area contributed by atoms with Crippen LogP contribution in [0.25, 0.3) is 10.8 Å². The summed E-state index contributed by atoms with van der Waals surface area (Å²) in [7, 11) is -4.42. The third-order valence-electron chi connectivity index (χ3n) is 4.24. The van der Waals surface area contributed by atoms with Crippen LogP contribution < -0.4 is 51.4 Å². The number of hydrogen-bond acceptors (Lipinski definition) is 3. The van der Waals surface area contributed by atoms with Gasteiger partial charge in [-0.2, -0.15) is 0 Å². The van der Waals surface area contributed by atoms with E-state index in [1.54, 1.807) is 12.1 Å².